The van der Waals surface area contributed by atoms with Crippen LogP contribution in [0.4, 0.5) is 0 Å². The fourth-order valence-corrected chi connectivity index (χ4v) is 2.13. The Balaban J connectivity index is 0.00000312. The van der Waals surface area contributed by atoms with Crippen molar-refractivity contribution in [2.75, 3.05) is 6.54 Å². The maximum Gasteiger partial charge on any atom is 0.219 e. The summed E-state index contributed by atoms with van der Waals surface area (Å²) in [5, 5.41) is 3.10. The van der Waals surface area contributed by atoms with E-state index in [2.05, 4.69) is 36.1 Å². The number of nitrogens with two attached hydrogens (primary N) is 1. The van der Waals surface area contributed by atoms with E-state index in [4.69, 9.17) is 10.5 Å². The summed E-state index contributed by atoms with van der Waals surface area (Å²) in [7, 11) is 0. The van der Waals surface area contributed by atoms with E-state index in [1.807, 2.05) is 30.3 Å². The Labute approximate surface area is 167 Å². The van der Waals surface area contributed by atoms with Gasteiger partial charge in [0.2, 0.25) is 5.88 Å². The molecule has 0 aliphatic carbocycles. The highest BCUT2D eigenvalue weighted by atomic mass is 127. The molecule has 0 fully saturated rings. The third kappa shape index (κ3) is 7.29. The lowest BCUT2D eigenvalue weighted by molar-refractivity contribution is 0.461. The van der Waals surface area contributed by atoms with Gasteiger partial charge in [-0.2, -0.15) is 0 Å². The predicted octanol–water partition coefficient (Wildman–Crippen LogP) is 4.31. The molecule has 0 aliphatic rings. The minimum absolute atomic E-state index is 0. The molecule has 0 atom stereocenters. The van der Waals surface area contributed by atoms with Gasteiger partial charge in [0.25, 0.3) is 0 Å². The number of guanidine groups is 1. The Kier molecular flexibility index (Phi) is 9.26. The van der Waals surface area contributed by atoms with E-state index in [0.29, 0.717) is 18.4 Å². The van der Waals surface area contributed by atoms with Crippen LogP contribution in [0, 0.1) is 13.8 Å². The standard InChI is InChI=1S/C19H26N4O.HI/c1-4-5-9-22-19(20)23-13-16-8-10-21-18(12-16)24-17-7-6-14(2)15(3)11-17;/h6-8,10-12H,4-5,9,13H2,1-3H3,(H3,20,22,23);1H. The molecule has 5 nitrogen and oxygen atoms in total. The van der Waals surface area contributed by atoms with E-state index < -0.39 is 0 Å². The van der Waals surface area contributed by atoms with E-state index in [0.717, 1.165) is 30.7 Å². The average molecular weight is 454 g/mol. The molecule has 1 aromatic heterocycles. The van der Waals surface area contributed by atoms with Gasteiger partial charge in [-0.05, 0) is 55.2 Å². The van der Waals surface area contributed by atoms with Gasteiger partial charge in [0.15, 0.2) is 5.96 Å². The summed E-state index contributed by atoms with van der Waals surface area (Å²) in [6.07, 6.45) is 3.94. The molecule has 2 rings (SSSR count). The van der Waals surface area contributed by atoms with Crippen LogP contribution in [0.5, 0.6) is 11.6 Å². The maximum atomic E-state index is 5.85. The number of hydrogen-bond acceptors (Lipinski definition) is 3. The number of benzene rings is 1. The van der Waals surface area contributed by atoms with Gasteiger partial charge >= 0.3 is 0 Å². The molecule has 6 heteroatoms. The highest BCUT2D eigenvalue weighted by Gasteiger charge is 2.02. The number of aliphatic imine (C=N–C) groups is 1. The van der Waals surface area contributed by atoms with Crippen molar-refractivity contribution in [1.82, 2.24) is 10.3 Å². The molecule has 0 saturated carbocycles. The van der Waals surface area contributed by atoms with Crippen LogP contribution in [0.25, 0.3) is 0 Å². The first-order valence-electron chi connectivity index (χ1n) is 8.32. The number of aromatic nitrogens is 1. The minimum Gasteiger partial charge on any atom is -0.439 e. The second-order valence-corrected chi connectivity index (χ2v) is 5.83. The van der Waals surface area contributed by atoms with Gasteiger partial charge in [0.1, 0.15) is 5.75 Å². The van der Waals surface area contributed by atoms with Crippen LogP contribution in [-0.4, -0.2) is 17.5 Å². The normalized spacial score (nSPS) is 10.9. The van der Waals surface area contributed by atoms with E-state index in [9.17, 15) is 0 Å². The smallest absolute Gasteiger partial charge is 0.219 e. The van der Waals surface area contributed by atoms with Crippen LogP contribution in [0.1, 0.15) is 36.5 Å². The van der Waals surface area contributed by atoms with Crippen LogP contribution >= 0.6 is 24.0 Å². The summed E-state index contributed by atoms with van der Waals surface area (Å²) in [6.45, 7) is 7.63. The van der Waals surface area contributed by atoms with Gasteiger partial charge in [0, 0.05) is 18.8 Å². The summed E-state index contributed by atoms with van der Waals surface area (Å²) < 4.78 is 5.83. The van der Waals surface area contributed by atoms with E-state index in [1.165, 1.54) is 11.1 Å². The summed E-state index contributed by atoms with van der Waals surface area (Å²) in [5.74, 6) is 1.81. The van der Waals surface area contributed by atoms with Gasteiger partial charge in [0.05, 0.1) is 6.54 Å². The molecule has 1 heterocycles. The first kappa shape index (κ1) is 21.2. The molecule has 0 bridgehead atoms. The van der Waals surface area contributed by atoms with Crippen molar-refractivity contribution >= 4 is 29.9 Å². The van der Waals surface area contributed by atoms with Crippen molar-refractivity contribution in [3.05, 3.63) is 53.2 Å². The van der Waals surface area contributed by atoms with Crippen LogP contribution < -0.4 is 15.8 Å². The number of ether oxygens (including phenoxy) is 1. The van der Waals surface area contributed by atoms with Crippen LogP contribution in [0.3, 0.4) is 0 Å². The lowest BCUT2D eigenvalue weighted by Crippen LogP contribution is -2.32. The van der Waals surface area contributed by atoms with Crippen molar-refractivity contribution < 1.29 is 4.74 Å². The van der Waals surface area contributed by atoms with Crippen molar-refractivity contribution in [3.63, 3.8) is 0 Å². The second kappa shape index (κ2) is 10.9. The molecule has 2 aromatic rings. The molecule has 0 spiro atoms. The molecular formula is C19H27IN4O. The topological polar surface area (TPSA) is 72.5 Å². The molecule has 3 N–H and O–H groups in total. The predicted molar refractivity (Wildman–Crippen MR) is 114 cm³/mol. The van der Waals surface area contributed by atoms with Crippen LogP contribution in [0.2, 0.25) is 0 Å². The monoisotopic (exact) mass is 454 g/mol. The first-order chi connectivity index (χ1) is 11.6. The van der Waals surface area contributed by atoms with Crippen LogP contribution in [0.15, 0.2) is 41.5 Å². The summed E-state index contributed by atoms with van der Waals surface area (Å²) >= 11 is 0. The Morgan fingerprint density at radius 2 is 2.00 bits per heavy atom. The zero-order chi connectivity index (χ0) is 17.4. The summed E-state index contributed by atoms with van der Waals surface area (Å²) in [5.41, 5.74) is 9.28. The van der Waals surface area contributed by atoms with Gasteiger partial charge in [-0.15, -0.1) is 24.0 Å². The lowest BCUT2D eigenvalue weighted by Gasteiger charge is -2.08. The van der Waals surface area contributed by atoms with Crippen LogP contribution in [-0.2, 0) is 6.54 Å². The van der Waals surface area contributed by atoms with Crippen molar-refractivity contribution in [2.45, 2.75) is 40.2 Å². The third-order valence-electron chi connectivity index (χ3n) is 3.77. The quantitative estimate of drug-likeness (QED) is 0.283. The Hall–Kier alpha value is -1.83. The molecule has 0 radical (unpaired) electrons. The second-order valence-electron chi connectivity index (χ2n) is 5.83. The fourth-order valence-electron chi connectivity index (χ4n) is 2.13. The van der Waals surface area contributed by atoms with E-state index in [1.54, 1.807) is 6.20 Å². The van der Waals surface area contributed by atoms with Crippen molar-refractivity contribution in [2.24, 2.45) is 10.7 Å². The molecule has 136 valence electrons. The number of nitrogens with one attached hydrogen (secondary N) is 1. The van der Waals surface area contributed by atoms with Crippen molar-refractivity contribution in [3.8, 4) is 11.6 Å². The maximum absolute atomic E-state index is 5.85. The number of pyridine rings is 1. The lowest BCUT2D eigenvalue weighted by atomic mass is 10.1. The van der Waals surface area contributed by atoms with Gasteiger partial charge in [-0.3, -0.25) is 0 Å². The number of hydrogen-bond donors (Lipinski definition) is 2. The largest absolute Gasteiger partial charge is 0.439 e. The third-order valence-corrected chi connectivity index (χ3v) is 3.77. The molecule has 1 aromatic carbocycles. The number of aryl methyl sites for hydroxylation is 2. The van der Waals surface area contributed by atoms with Crippen molar-refractivity contribution in [1.29, 1.82) is 0 Å². The molecule has 0 unspecified atom stereocenters. The minimum atomic E-state index is 0. The highest BCUT2D eigenvalue weighted by molar-refractivity contribution is 14.0. The Morgan fingerprint density at radius 1 is 1.20 bits per heavy atom. The van der Waals surface area contributed by atoms with Gasteiger partial charge in [-0.1, -0.05) is 19.4 Å². The zero-order valence-electron chi connectivity index (χ0n) is 15.1. The number of rotatable bonds is 7. The zero-order valence-corrected chi connectivity index (χ0v) is 17.4. The number of nitrogens with zero attached hydrogens (tertiary/aromatic N) is 2. The van der Waals surface area contributed by atoms with Gasteiger partial charge in [-0.25, -0.2) is 9.98 Å². The van der Waals surface area contributed by atoms with E-state index >= 15 is 0 Å². The average Bonchev–Trinajstić information content (AvgIpc) is 2.57. The molecule has 25 heavy (non-hydrogen) atoms. The summed E-state index contributed by atoms with van der Waals surface area (Å²) in [4.78, 5) is 8.60. The highest BCUT2D eigenvalue weighted by Crippen LogP contribution is 2.22. The molecular weight excluding hydrogens is 427 g/mol. The summed E-state index contributed by atoms with van der Waals surface area (Å²) in [6, 6.07) is 9.80. The number of halogens is 1. The molecule has 0 amide bonds. The van der Waals surface area contributed by atoms with Gasteiger partial charge < -0.3 is 15.8 Å². The first-order valence-corrected chi connectivity index (χ1v) is 8.32. The fraction of sp³-hybridized carbons (Fsp3) is 0.368. The SMILES string of the molecule is CCCCNC(N)=NCc1ccnc(Oc2ccc(C)c(C)c2)c1.I. The molecule has 0 saturated heterocycles. The molecule has 0 aliphatic heterocycles. The Morgan fingerprint density at radius 3 is 2.72 bits per heavy atom. The number of unbranched alkanes of at least 4 members (excludes halogenated alkanes) is 1. The Bertz CT molecular complexity index is 704. The van der Waals surface area contributed by atoms with E-state index in [-0.39, 0.29) is 24.0 Å².